The van der Waals surface area contributed by atoms with Crippen molar-refractivity contribution in [1.29, 1.82) is 0 Å². The molecule has 3 heterocycles. The number of hydrogen-bond donors (Lipinski definition) is 1. The molecule has 0 bridgehead atoms. The van der Waals surface area contributed by atoms with E-state index < -0.39 is 0 Å². The summed E-state index contributed by atoms with van der Waals surface area (Å²) in [7, 11) is 1.87. The third-order valence-corrected chi connectivity index (χ3v) is 9.86. The van der Waals surface area contributed by atoms with Crippen molar-refractivity contribution in [3.63, 3.8) is 0 Å². The van der Waals surface area contributed by atoms with Crippen LogP contribution in [0.15, 0.2) is 24.3 Å². The Kier molecular flexibility index (Phi) is 8.81. The van der Waals surface area contributed by atoms with E-state index in [1.165, 1.54) is 32.1 Å². The number of ether oxygens (including phenoxy) is 1. The fourth-order valence-corrected chi connectivity index (χ4v) is 7.57. The lowest BCUT2D eigenvalue weighted by molar-refractivity contribution is -0.0385. The molecule has 3 saturated heterocycles. The molecule has 4 aliphatic rings. The Labute approximate surface area is 229 Å². The van der Waals surface area contributed by atoms with Crippen molar-refractivity contribution in [2.24, 2.45) is 5.92 Å². The van der Waals surface area contributed by atoms with Crippen LogP contribution in [-0.2, 0) is 4.74 Å². The highest BCUT2D eigenvalue weighted by Gasteiger charge is 2.55. The molecule has 38 heavy (non-hydrogen) atoms. The largest absolute Gasteiger partial charge is 0.440 e. The molecule has 1 N–H and O–H groups in total. The van der Waals surface area contributed by atoms with E-state index in [0.717, 1.165) is 88.9 Å². The number of para-hydroxylation sites is 1. The third kappa shape index (κ3) is 5.68. The molecule has 1 spiro atoms. The number of rotatable bonds is 8. The molecule has 1 aromatic rings. The first-order valence-electron chi connectivity index (χ1n) is 15.3. The molecule has 0 radical (unpaired) electrons. The Morgan fingerprint density at radius 2 is 1.74 bits per heavy atom. The molecule has 210 valence electrons. The second-order valence-electron chi connectivity index (χ2n) is 12.1. The third-order valence-electron chi connectivity index (χ3n) is 9.86. The Hall–Kier alpha value is -2.28. The summed E-state index contributed by atoms with van der Waals surface area (Å²) in [4.78, 5) is 33.1. The fraction of sp³-hybridized carbons (Fsp3) is 0.742. The number of nitrogens with one attached hydrogen (secondary N) is 1. The van der Waals surface area contributed by atoms with E-state index in [1.54, 1.807) is 0 Å². The van der Waals surface area contributed by atoms with Gasteiger partial charge < -0.3 is 19.9 Å². The minimum atomic E-state index is -0.315. The summed E-state index contributed by atoms with van der Waals surface area (Å²) in [6.45, 7) is 6.69. The summed E-state index contributed by atoms with van der Waals surface area (Å²) >= 11 is 0. The molecule has 1 aromatic carbocycles. The van der Waals surface area contributed by atoms with E-state index in [2.05, 4.69) is 22.0 Å². The maximum Gasteiger partial charge on any atom is 0.410 e. The van der Waals surface area contributed by atoms with Crippen LogP contribution in [0.4, 0.5) is 10.5 Å². The molecule has 4 fully saturated rings. The molecule has 1 unspecified atom stereocenters. The summed E-state index contributed by atoms with van der Waals surface area (Å²) in [5.41, 5.74) is 1.33. The SMILES string of the molecule is CCCCC1N(CC2CCCCC2)C(=O)OC12CCN(C1CCN(C(=O)c3ccccc3NC)CC1)CC2. The molecular weight excluding hydrogens is 476 g/mol. The Balaban J connectivity index is 1.17. The van der Waals surface area contributed by atoms with Crippen molar-refractivity contribution in [3.05, 3.63) is 29.8 Å². The van der Waals surface area contributed by atoms with Gasteiger partial charge in [-0.1, -0.05) is 51.2 Å². The maximum atomic E-state index is 13.2. The van der Waals surface area contributed by atoms with Crippen LogP contribution in [-0.4, -0.2) is 84.2 Å². The Morgan fingerprint density at radius 1 is 1.03 bits per heavy atom. The first kappa shape index (κ1) is 27.3. The van der Waals surface area contributed by atoms with Crippen molar-refractivity contribution in [2.45, 2.75) is 102 Å². The molecule has 1 atom stereocenters. The second-order valence-corrected chi connectivity index (χ2v) is 12.1. The number of anilines is 1. The van der Waals surface area contributed by atoms with Gasteiger partial charge in [-0.25, -0.2) is 4.79 Å². The van der Waals surface area contributed by atoms with Gasteiger partial charge in [-0.05, 0) is 50.2 Å². The first-order chi connectivity index (χ1) is 18.5. The Bertz CT molecular complexity index is 946. The first-order valence-corrected chi connectivity index (χ1v) is 15.3. The maximum absolute atomic E-state index is 13.2. The summed E-state index contributed by atoms with van der Waals surface area (Å²) in [6.07, 6.45) is 13.7. The van der Waals surface area contributed by atoms with Crippen LogP contribution in [0.2, 0.25) is 0 Å². The number of carbonyl (C=O) groups is 2. The van der Waals surface area contributed by atoms with Crippen LogP contribution in [0.3, 0.4) is 0 Å². The molecular formula is C31H48N4O3. The van der Waals surface area contributed by atoms with Crippen molar-refractivity contribution in [3.8, 4) is 0 Å². The number of benzene rings is 1. The molecule has 0 aromatic heterocycles. The van der Waals surface area contributed by atoms with Crippen LogP contribution in [0.1, 0.15) is 94.3 Å². The van der Waals surface area contributed by atoms with Crippen LogP contribution >= 0.6 is 0 Å². The topological polar surface area (TPSA) is 65.1 Å². The van der Waals surface area contributed by atoms with Gasteiger partial charge in [0.25, 0.3) is 5.91 Å². The summed E-state index contributed by atoms with van der Waals surface area (Å²) in [5.74, 6) is 0.768. The van der Waals surface area contributed by atoms with E-state index in [0.29, 0.717) is 12.0 Å². The number of piperidine rings is 2. The zero-order valence-electron chi connectivity index (χ0n) is 23.6. The van der Waals surface area contributed by atoms with E-state index in [-0.39, 0.29) is 23.6 Å². The van der Waals surface area contributed by atoms with Crippen LogP contribution < -0.4 is 5.32 Å². The lowest BCUT2D eigenvalue weighted by Crippen LogP contribution is -2.56. The average molecular weight is 525 g/mol. The second kappa shape index (κ2) is 12.3. The number of likely N-dealkylation sites (tertiary alicyclic amines) is 2. The van der Waals surface area contributed by atoms with E-state index in [4.69, 9.17) is 4.74 Å². The zero-order chi connectivity index (χ0) is 26.5. The van der Waals surface area contributed by atoms with Gasteiger partial charge in [0, 0.05) is 64.3 Å². The normalized spacial score (nSPS) is 25.1. The van der Waals surface area contributed by atoms with Gasteiger partial charge in [-0.2, -0.15) is 0 Å². The van der Waals surface area contributed by atoms with Crippen LogP contribution in [0, 0.1) is 5.92 Å². The van der Waals surface area contributed by atoms with E-state index in [9.17, 15) is 9.59 Å². The Morgan fingerprint density at radius 3 is 2.42 bits per heavy atom. The zero-order valence-corrected chi connectivity index (χ0v) is 23.6. The summed E-state index contributed by atoms with van der Waals surface area (Å²) in [5, 5.41) is 3.15. The number of carbonyl (C=O) groups excluding carboxylic acids is 2. The molecule has 2 amide bonds. The predicted molar refractivity (Wildman–Crippen MR) is 152 cm³/mol. The number of nitrogens with zero attached hydrogens (tertiary/aromatic N) is 3. The number of unbranched alkanes of at least 4 members (excludes halogenated alkanes) is 1. The number of amides is 2. The molecule has 1 aliphatic carbocycles. The van der Waals surface area contributed by atoms with Gasteiger partial charge >= 0.3 is 6.09 Å². The lowest BCUT2D eigenvalue weighted by Gasteiger charge is -2.46. The van der Waals surface area contributed by atoms with Gasteiger partial charge in [-0.3, -0.25) is 9.69 Å². The fourth-order valence-electron chi connectivity index (χ4n) is 7.57. The van der Waals surface area contributed by atoms with Gasteiger partial charge in [0.1, 0.15) is 5.60 Å². The quantitative estimate of drug-likeness (QED) is 0.469. The average Bonchev–Trinajstić information content (AvgIpc) is 3.21. The monoisotopic (exact) mass is 524 g/mol. The molecule has 7 heteroatoms. The van der Waals surface area contributed by atoms with Crippen molar-refractivity contribution >= 4 is 17.7 Å². The van der Waals surface area contributed by atoms with E-state index in [1.807, 2.05) is 36.2 Å². The van der Waals surface area contributed by atoms with Crippen LogP contribution in [0.25, 0.3) is 0 Å². The highest BCUT2D eigenvalue weighted by atomic mass is 16.6. The molecule has 7 nitrogen and oxygen atoms in total. The van der Waals surface area contributed by atoms with Gasteiger partial charge in [0.05, 0.1) is 11.6 Å². The predicted octanol–water partition coefficient (Wildman–Crippen LogP) is 5.76. The highest BCUT2D eigenvalue weighted by Crippen LogP contribution is 2.43. The standard InChI is InChI=1S/C31H48N4O3/c1-3-4-14-28-31(38-30(37)35(28)23-24-10-6-5-7-11-24)17-21-33(22-18-31)25-15-19-34(20-16-25)29(36)26-12-8-9-13-27(26)32-2/h8-9,12-13,24-25,28,32H,3-7,10-11,14-23H2,1-2H3. The van der Waals surface area contributed by atoms with Gasteiger partial charge in [0.2, 0.25) is 0 Å². The van der Waals surface area contributed by atoms with Gasteiger partial charge in [-0.15, -0.1) is 0 Å². The van der Waals surface area contributed by atoms with Crippen molar-refractivity contribution in [1.82, 2.24) is 14.7 Å². The van der Waals surface area contributed by atoms with Crippen molar-refractivity contribution < 1.29 is 14.3 Å². The summed E-state index contributed by atoms with van der Waals surface area (Å²) < 4.78 is 6.31. The van der Waals surface area contributed by atoms with Gasteiger partial charge in [0.15, 0.2) is 0 Å². The highest BCUT2D eigenvalue weighted by molar-refractivity contribution is 5.99. The molecule has 5 rings (SSSR count). The molecule has 3 aliphatic heterocycles. The summed E-state index contributed by atoms with van der Waals surface area (Å²) in [6, 6.07) is 8.50. The van der Waals surface area contributed by atoms with Crippen LogP contribution in [0.5, 0.6) is 0 Å². The molecule has 1 saturated carbocycles. The smallest absolute Gasteiger partial charge is 0.410 e. The van der Waals surface area contributed by atoms with E-state index >= 15 is 0 Å². The number of hydrogen-bond acceptors (Lipinski definition) is 5. The minimum absolute atomic E-state index is 0.0567. The lowest BCUT2D eigenvalue weighted by atomic mass is 9.80. The van der Waals surface area contributed by atoms with Crippen molar-refractivity contribution in [2.75, 3.05) is 45.1 Å². The minimum Gasteiger partial charge on any atom is -0.440 e.